The Balaban J connectivity index is 0.679. The summed E-state index contributed by atoms with van der Waals surface area (Å²) < 4.78 is 18.0. The average Bonchev–Trinajstić information content (AvgIpc) is 1.63. The summed E-state index contributed by atoms with van der Waals surface area (Å²) in [5.74, 6) is -2.73. The minimum absolute atomic E-state index is 0.00150. The highest BCUT2D eigenvalue weighted by Gasteiger charge is 2.56. The fourth-order valence-corrected chi connectivity index (χ4v) is 15.8. The molecule has 3 N–H and O–H groups in total. The summed E-state index contributed by atoms with van der Waals surface area (Å²) in [6, 6.07) is 15.4. The summed E-state index contributed by atoms with van der Waals surface area (Å²) in [6.07, 6.45) is 12.0. The SMILES string of the molecule is Cc1cc(F)c(Nc2nc(-c3ccc4c(c3)N([C@H]3C[C@@H](N5CCCCC5)C3)C(=O)C43CCN(C(=O)[C@H]4CC[C@@H](C(=O)N5CCC(N(C)c6cccc7c6C(=O)N(C6CCC(=O)NC6=O)C7=O)CC5)CC4)CC3)cc3ncn(C(C)C)c23)cc1C(=O)NC(C)C. The molecule has 4 saturated heterocycles. The number of imidazole rings is 1. The predicted octanol–water partition coefficient (Wildman–Crippen LogP) is 8.57. The molecule has 2 aliphatic carbocycles. The molecule has 2 saturated carbocycles. The number of amides is 8. The number of carbonyl (C=O) groups is 8. The Morgan fingerprint density at radius 2 is 1.45 bits per heavy atom. The van der Waals surface area contributed by atoms with E-state index in [0.717, 1.165) is 47.6 Å². The number of aryl methyl sites for hydroxylation is 1. The van der Waals surface area contributed by atoms with Crippen molar-refractivity contribution in [3.05, 3.63) is 94.6 Å². The van der Waals surface area contributed by atoms with Gasteiger partial charge in [-0.25, -0.2) is 14.4 Å². The van der Waals surface area contributed by atoms with E-state index in [1.54, 1.807) is 31.5 Å². The van der Waals surface area contributed by atoms with Gasteiger partial charge in [-0.05, 0) is 179 Å². The van der Waals surface area contributed by atoms with Crippen LogP contribution in [0, 0.1) is 24.6 Å². The molecule has 13 rings (SSSR count). The quantitative estimate of drug-likeness (QED) is 0.0942. The lowest BCUT2D eigenvalue weighted by Gasteiger charge is -2.48. The lowest BCUT2D eigenvalue weighted by atomic mass is 9.72. The van der Waals surface area contributed by atoms with Gasteiger partial charge in [-0.15, -0.1) is 0 Å². The van der Waals surface area contributed by atoms with Crippen LogP contribution >= 0.6 is 0 Å². The maximum absolute atomic E-state index is 16.0. The molecule has 1 unspecified atom stereocenters. The van der Waals surface area contributed by atoms with Gasteiger partial charge in [0.05, 0.1) is 45.5 Å². The summed E-state index contributed by atoms with van der Waals surface area (Å²) in [5, 5.41) is 8.46. The van der Waals surface area contributed by atoms with Crippen LogP contribution in [0.4, 0.5) is 27.3 Å². The number of fused-ring (bicyclic) bond motifs is 4. The normalized spacial score (nSPS) is 24.0. The Morgan fingerprint density at radius 1 is 0.764 bits per heavy atom. The van der Waals surface area contributed by atoms with Gasteiger partial charge in [-0.3, -0.25) is 48.6 Å². The summed E-state index contributed by atoms with van der Waals surface area (Å²) in [7, 11) is 1.89. The minimum atomic E-state index is -1.06. The highest BCUT2D eigenvalue weighted by molar-refractivity contribution is 6.25. The molecule has 1 spiro atoms. The van der Waals surface area contributed by atoms with E-state index in [9.17, 15) is 33.6 Å². The van der Waals surface area contributed by atoms with Gasteiger partial charge in [0.25, 0.3) is 17.7 Å². The van der Waals surface area contributed by atoms with E-state index in [-0.39, 0.29) is 89.3 Å². The Hall–Kier alpha value is -8.07. The fourth-order valence-electron chi connectivity index (χ4n) is 15.8. The van der Waals surface area contributed by atoms with Crippen LogP contribution in [0.15, 0.2) is 60.9 Å². The van der Waals surface area contributed by atoms with Gasteiger partial charge in [-0.1, -0.05) is 24.6 Å². The molecule has 6 fully saturated rings. The Bertz CT molecular complexity index is 3710. The van der Waals surface area contributed by atoms with Crippen molar-refractivity contribution in [1.82, 2.24) is 44.8 Å². The molecule has 2 aromatic heterocycles. The Labute approximate surface area is 518 Å². The first kappa shape index (κ1) is 59.9. The molecule has 89 heavy (non-hydrogen) atoms. The lowest BCUT2D eigenvalue weighted by molar-refractivity contribution is -0.143. The van der Waals surface area contributed by atoms with Gasteiger partial charge in [0, 0.05) is 98.5 Å². The van der Waals surface area contributed by atoms with E-state index in [0.29, 0.717) is 123 Å². The van der Waals surface area contributed by atoms with E-state index in [1.165, 1.54) is 31.4 Å². The number of benzene rings is 3. The molecule has 21 heteroatoms. The highest BCUT2D eigenvalue weighted by Crippen LogP contribution is 2.53. The standard InChI is InChI=1S/C68H81FN12O8/c1-38(2)71-61(83)48-35-52(50(69)31-40(48)5)73-60-59-53(70-37-79(59)39(3)4)36-51(72-60)43-17-18-49-56(32-43)80(46-33-45(34-46)76-25-8-7-9-26-76)67(89)68(49)23-29-78(30-24-68)64(86)42-15-13-41(14-16-42)63(85)77-27-21-44(22-28-77)75(6)54-12-10-11-47-58(54)66(88)81(65(47)87)55-19-20-57(82)74-62(55)84/h10-12,17-18,31-32,35-39,41-42,44-46,55H,7-9,13-16,19-30,33-34H2,1-6H3,(H,71,83)(H,72,73)(H,74,82,84)/t41-,42+,45-,46+,55?. The largest absolute Gasteiger partial charge is 0.371 e. The molecule has 0 bridgehead atoms. The minimum Gasteiger partial charge on any atom is -0.371 e. The second kappa shape index (κ2) is 23.7. The molecular weight excluding hydrogens is 1130 g/mol. The molecule has 468 valence electrons. The van der Waals surface area contributed by atoms with Crippen molar-refractivity contribution < 1.29 is 42.7 Å². The van der Waals surface area contributed by atoms with Crippen molar-refractivity contribution in [2.24, 2.45) is 11.8 Å². The zero-order valence-corrected chi connectivity index (χ0v) is 51.9. The number of hydrogen-bond acceptors (Lipinski definition) is 13. The van der Waals surface area contributed by atoms with Gasteiger partial charge in [-0.2, -0.15) is 0 Å². The maximum Gasteiger partial charge on any atom is 0.264 e. The van der Waals surface area contributed by atoms with Gasteiger partial charge in [0.1, 0.15) is 17.4 Å². The van der Waals surface area contributed by atoms with Gasteiger partial charge >= 0.3 is 0 Å². The molecule has 6 aliphatic heterocycles. The number of hydrogen-bond donors (Lipinski definition) is 3. The predicted molar refractivity (Wildman–Crippen MR) is 334 cm³/mol. The molecule has 0 radical (unpaired) electrons. The second-order valence-electron chi connectivity index (χ2n) is 26.9. The summed E-state index contributed by atoms with van der Waals surface area (Å²) in [4.78, 5) is 131. The molecular formula is C68H81FN12O8. The van der Waals surface area contributed by atoms with Crippen molar-refractivity contribution in [3.8, 4) is 11.3 Å². The highest BCUT2D eigenvalue weighted by atomic mass is 19.1. The Morgan fingerprint density at radius 3 is 2.11 bits per heavy atom. The van der Waals surface area contributed by atoms with Crippen LogP contribution in [0.5, 0.6) is 0 Å². The number of nitrogens with one attached hydrogen (secondary N) is 3. The van der Waals surface area contributed by atoms with Crippen LogP contribution in [0.3, 0.4) is 0 Å². The first-order valence-corrected chi connectivity index (χ1v) is 32.4. The number of nitrogens with zero attached hydrogens (tertiary/aromatic N) is 9. The van der Waals surface area contributed by atoms with E-state index >= 15 is 9.18 Å². The molecule has 8 amide bonds. The Kier molecular flexibility index (Phi) is 15.9. The molecule has 20 nitrogen and oxygen atoms in total. The molecule has 8 heterocycles. The maximum atomic E-state index is 16.0. The van der Waals surface area contributed by atoms with Crippen LogP contribution < -0.4 is 25.8 Å². The number of rotatable bonds is 13. The average molecular weight is 1210 g/mol. The zero-order chi connectivity index (χ0) is 62.3. The number of anilines is 4. The van der Waals surface area contributed by atoms with Gasteiger partial charge in [0.15, 0.2) is 5.82 Å². The van der Waals surface area contributed by atoms with Crippen LogP contribution in [-0.2, 0) is 29.4 Å². The third kappa shape index (κ3) is 10.7. The van der Waals surface area contributed by atoms with E-state index in [2.05, 4.69) is 37.9 Å². The van der Waals surface area contributed by atoms with Gasteiger partial charge < -0.3 is 39.7 Å². The van der Waals surface area contributed by atoms with Crippen LogP contribution in [0.25, 0.3) is 22.3 Å². The summed E-state index contributed by atoms with van der Waals surface area (Å²) in [6.45, 7) is 13.7. The van der Waals surface area contributed by atoms with Crippen molar-refractivity contribution >= 4 is 81.2 Å². The summed E-state index contributed by atoms with van der Waals surface area (Å²) in [5.41, 5.74) is 5.78. The monoisotopic (exact) mass is 1210 g/mol. The van der Waals surface area contributed by atoms with Crippen molar-refractivity contribution in [2.45, 2.75) is 173 Å². The smallest absolute Gasteiger partial charge is 0.264 e. The van der Waals surface area contributed by atoms with E-state index < -0.39 is 40.9 Å². The van der Waals surface area contributed by atoms with Crippen LogP contribution in [0.1, 0.15) is 172 Å². The van der Waals surface area contributed by atoms with E-state index in [4.69, 9.17) is 9.97 Å². The number of halogens is 1. The number of piperidine rings is 4. The number of imide groups is 2. The fraction of sp³-hybridized carbons (Fsp3) is 0.529. The number of carbonyl (C=O) groups excluding carboxylic acids is 8. The van der Waals surface area contributed by atoms with Gasteiger partial charge in [0.2, 0.25) is 29.5 Å². The van der Waals surface area contributed by atoms with Crippen LogP contribution in [-0.4, -0.2) is 158 Å². The molecule has 5 aromatic rings. The second-order valence-corrected chi connectivity index (χ2v) is 26.9. The summed E-state index contributed by atoms with van der Waals surface area (Å²) >= 11 is 0. The molecule has 1 atom stereocenters. The first-order chi connectivity index (χ1) is 42.8. The third-order valence-electron chi connectivity index (χ3n) is 20.9. The first-order valence-electron chi connectivity index (χ1n) is 32.4. The zero-order valence-electron chi connectivity index (χ0n) is 51.9. The molecule has 8 aliphatic rings. The van der Waals surface area contributed by atoms with Crippen LogP contribution in [0.2, 0.25) is 0 Å². The number of pyridine rings is 1. The van der Waals surface area contributed by atoms with E-state index in [1.807, 2.05) is 66.1 Å². The molecule has 3 aromatic carbocycles. The number of aromatic nitrogens is 3. The number of likely N-dealkylation sites (tertiary alicyclic amines) is 3. The van der Waals surface area contributed by atoms with Crippen molar-refractivity contribution in [3.63, 3.8) is 0 Å². The topological polar surface area (TPSA) is 223 Å². The lowest BCUT2D eigenvalue weighted by Crippen LogP contribution is -2.58. The third-order valence-corrected chi connectivity index (χ3v) is 20.9. The van der Waals surface area contributed by atoms with Crippen molar-refractivity contribution in [1.29, 1.82) is 0 Å². The van der Waals surface area contributed by atoms with Crippen molar-refractivity contribution in [2.75, 3.05) is 61.4 Å².